The molecule has 0 bridgehead atoms. The Balaban J connectivity index is 1.43. The lowest BCUT2D eigenvalue weighted by Gasteiger charge is -2.35. The van der Waals surface area contributed by atoms with E-state index in [4.69, 9.17) is 15.2 Å². The topological polar surface area (TPSA) is 124 Å². The van der Waals surface area contributed by atoms with Crippen molar-refractivity contribution in [2.24, 2.45) is 5.73 Å². The van der Waals surface area contributed by atoms with E-state index in [9.17, 15) is 14.4 Å². The van der Waals surface area contributed by atoms with Crippen LogP contribution in [-0.2, 0) is 14.3 Å². The fraction of sp³-hybridized carbons (Fsp3) is 0.417. The molecule has 0 radical (unpaired) electrons. The van der Waals surface area contributed by atoms with Crippen molar-refractivity contribution >= 4 is 23.4 Å². The van der Waals surface area contributed by atoms with Crippen LogP contribution in [0, 0.1) is 0 Å². The van der Waals surface area contributed by atoms with Gasteiger partial charge in [0.25, 0.3) is 0 Å². The Morgan fingerprint density at radius 2 is 1.82 bits per heavy atom. The molecule has 1 atom stereocenters. The van der Waals surface area contributed by atoms with Gasteiger partial charge in [0, 0.05) is 25.6 Å². The molecule has 3 N–H and O–H groups in total. The summed E-state index contributed by atoms with van der Waals surface area (Å²) in [6.45, 7) is 1.93. The summed E-state index contributed by atoms with van der Waals surface area (Å²) in [6, 6.07) is 8.97. The number of hydrogen-bond donors (Lipinski definition) is 2. The quantitative estimate of drug-likeness (QED) is 0.672. The van der Waals surface area contributed by atoms with Gasteiger partial charge in [0.2, 0.25) is 5.91 Å². The van der Waals surface area contributed by atoms with Crippen LogP contribution in [0.5, 0.6) is 5.75 Å². The number of piperidine rings is 1. The molecule has 0 aliphatic carbocycles. The first-order chi connectivity index (χ1) is 16.0. The number of hydrogen-bond acceptors (Lipinski definition) is 6. The van der Waals surface area contributed by atoms with Gasteiger partial charge in [0.1, 0.15) is 11.9 Å². The minimum absolute atomic E-state index is 0.152. The molecule has 174 valence electrons. The highest BCUT2D eigenvalue weighted by Crippen LogP contribution is 2.32. The third-order valence-corrected chi connectivity index (χ3v) is 5.97. The SMILES string of the molecule is NC(=O)c1cncc(NC(=O)C(=O)N2CCCC[C@H]2c2ccc(OC3CCOCC3)cc2)c1. The number of benzene rings is 1. The second-order valence-corrected chi connectivity index (χ2v) is 8.29. The van der Waals surface area contributed by atoms with Gasteiger partial charge in [-0.05, 0) is 43.0 Å². The van der Waals surface area contributed by atoms with Crippen molar-refractivity contribution < 1.29 is 23.9 Å². The lowest BCUT2D eigenvalue weighted by Crippen LogP contribution is -2.44. The number of anilines is 1. The number of rotatable bonds is 5. The number of carbonyl (C=O) groups is 3. The Labute approximate surface area is 192 Å². The van der Waals surface area contributed by atoms with E-state index in [1.54, 1.807) is 4.90 Å². The smallest absolute Gasteiger partial charge is 0.313 e. The standard InChI is InChI=1S/C24H28N4O5/c25-22(29)17-13-18(15-26-14-17)27-23(30)24(31)28-10-2-1-3-21(28)16-4-6-19(7-5-16)33-20-8-11-32-12-9-20/h4-7,13-15,20-21H,1-3,8-12H2,(H2,25,29)(H,27,30)/t21-/m0/s1. The van der Waals surface area contributed by atoms with E-state index in [0.717, 1.165) is 43.4 Å². The zero-order valence-corrected chi connectivity index (χ0v) is 18.4. The highest BCUT2D eigenvalue weighted by Gasteiger charge is 2.32. The van der Waals surface area contributed by atoms with E-state index in [1.807, 2.05) is 24.3 Å². The van der Waals surface area contributed by atoms with Crippen LogP contribution < -0.4 is 15.8 Å². The Hall–Kier alpha value is -3.46. The van der Waals surface area contributed by atoms with Crippen LogP contribution in [0.25, 0.3) is 0 Å². The molecule has 3 amide bonds. The molecule has 2 aliphatic heterocycles. The lowest BCUT2D eigenvalue weighted by atomic mass is 9.95. The molecular formula is C24H28N4O5. The Morgan fingerprint density at radius 1 is 1.06 bits per heavy atom. The van der Waals surface area contributed by atoms with Gasteiger partial charge >= 0.3 is 11.8 Å². The van der Waals surface area contributed by atoms with Crippen LogP contribution in [0.2, 0.25) is 0 Å². The average Bonchev–Trinajstić information content (AvgIpc) is 2.85. The van der Waals surface area contributed by atoms with E-state index >= 15 is 0 Å². The summed E-state index contributed by atoms with van der Waals surface area (Å²) in [6.07, 6.45) is 7.15. The molecule has 0 spiro atoms. The zero-order valence-electron chi connectivity index (χ0n) is 18.4. The van der Waals surface area contributed by atoms with Crippen LogP contribution in [-0.4, -0.2) is 53.5 Å². The number of ether oxygens (including phenoxy) is 2. The molecule has 2 fully saturated rings. The number of nitrogens with one attached hydrogen (secondary N) is 1. The number of aromatic nitrogens is 1. The van der Waals surface area contributed by atoms with Gasteiger partial charge in [0.05, 0.1) is 36.7 Å². The molecule has 1 aromatic heterocycles. The van der Waals surface area contributed by atoms with Gasteiger partial charge in [0.15, 0.2) is 0 Å². The molecule has 9 nitrogen and oxygen atoms in total. The molecule has 2 aromatic rings. The fourth-order valence-electron chi connectivity index (χ4n) is 4.23. The monoisotopic (exact) mass is 452 g/mol. The first-order valence-electron chi connectivity index (χ1n) is 11.2. The van der Waals surface area contributed by atoms with Crippen molar-refractivity contribution in [3.05, 3.63) is 53.9 Å². The van der Waals surface area contributed by atoms with Crippen molar-refractivity contribution in [1.29, 1.82) is 0 Å². The summed E-state index contributed by atoms with van der Waals surface area (Å²) in [4.78, 5) is 42.5. The van der Waals surface area contributed by atoms with E-state index in [2.05, 4.69) is 10.3 Å². The van der Waals surface area contributed by atoms with Crippen LogP contribution >= 0.6 is 0 Å². The second kappa shape index (κ2) is 10.4. The maximum absolute atomic E-state index is 13.0. The molecule has 0 saturated carbocycles. The van der Waals surface area contributed by atoms with Gasteiger partial charge in [-0.3, -0.25) is 19.4 Å². The summed E-state index contributed by atoms with van der Waals surface area (Å²) in [5.41, 5.74) is 6.62. The van der Waals surface area contributed by atoms with Crippen molar-refractivity contribution in [3.8, 4) is 5.75 Å². The Bertz CT molecular complexity index is 1000. The van der Waals surface area contributed by atoms with E-state index in [1.165, 1.54) is 18.5 Å². The predicted molar refractivity (Wildman–Crippen MR) is 121 cm³/mol. The maximum atomic E-state index is 13.0. The first-order valence-corrected chi connectivity index (χ1v) is 11.2. The van der Waals surface area contributed by atoms with Gasteiger partial charge in [-0.15, -0.1) is 0 Å². The number of carbonyl (C=O) groups excluding carboxylic acids is 3. The molecule has 3 heterocycles. The predicted octanol–water partition coefficient (Wildman–Crippen LogP) is 2.43. The third kappa shape index (κ3) is 5.67. The van der Waals surface area contributed by atoms with Crippen LogP contribution in [0.3, 0.4) is 0 Å². The second-order valence-electron chi connectivity index (χ2n) is 8.29. The summed E-state index contributed by atoms with van der Waals surface area (Å²) < 4.78 is 11.4. The minimum Gasteiger partial charge on any atom is -0.490 e. The zero-order chi connectivity index (χ0) is 23.2. The average molecular weight is 453 g/mol. The number of likely N-dealkylation sites (tertiary alicyclic amines) is 1. The minimum atomic E-state index is -0.773. The van der Waals surface area contributed by atoms with E-state index in [0.29, 0.717) is 19.8 Å². The maximum Gasteiger partial charge on any atom is 0.313 e. The summed E-state index contributed by atoms with van der Waals surface area (Å²) >= 11 is 0. The molecule has 2 saturated heterocycles. The normalized spacial score (nSPS) is 19.0. The highest BCUT2D eigenvalue weighted by molar-refractivity contribution is 6.39. The molecule has 2 aliphatic rings. The van der Waals surface area contributed by atoms with Gasteiger partial charge in [-0.2, -0.15) is 0 Å². The van der Waals surface area contributed by atoms with Crippen LogP contribution in [0.15, 0.2) is 42.7 Å². The third-order valence-electron chi connectivity index (χ3n) is 5.97. The molecule has 4 rings (SSSR count). The number of amides is 3. The highest BCUT2D eigenvalue weighted by atomic mass is 16.5. The number of nitrogens with two attached hydrogens (primary N) is 1. The van der Waals surface area contributed by atoms with Crippen molar-refractivity contribution in [3.63, 3.8) is 0 Å². The van der Waals surface area contributed by atoms with Crippen molar-refractivity contribution in [2.75, 3.05) is 25.1 Å². The number of pyridine rings is 1. The Morgan fingerprint density at radius 3 is 2.55 bits per heavy atom. The van der Waals surface area contributed by atoms with Crippen LogP contribution in [0.4, 0.5) is 5.69 Å². The van der Waals surface area contributed by atoms with Crippen molar-refractivity contribution in [2.45, 2.75) is 44.2 Å². The van der Waals surface area contributed by atoms with Gasteiger partial charge in [-0.1, -0.05) is 12.1 Å². The molecular weight excluding hydrogens is 424 g/mol. The Kier molecular flexibility index (Phi) is 7.19. The number of nitrogens with zero attached hydrogens (tertiary/aromatic N) is 2. The van der Waals surface area contributed by atoms with Crippen molar-refractivity contribution in [1.82, 2.24) is 9.88 Å². The van der Waals surface area contributed by atoms with Crippen LogP contribution in [0.1, 0.15) is 54.1 Å². The summed E-state index contributed by atoms with van der Waals surface area (Å²) in [7, 11) is 0. The van der Waals surface area contributed by atoms with E-state index in [-0.39, 0.29) is 23.4 Å². The number of primary amides is 1. The molecule has 0 unspecified atom stereocenters. The fourth-order valence-corrected chi connectivity index (χ4v) is 4.23. The summed E-state index contributed by atoms with van der Waals surface area (Å²) in [5, 5.41) is 2.53. The first kappa shape index (κ1) is 22.7. The lowest BCUT2D eigenvalue weighted by molar-refractivity contribution is -0.145. The largest absolute Gasteiger partial charge is 0.490 e. The molecule has 33 heavy (non-hydrogen) atoms. The van der Waals surface area contributed by atoms with E-state index < -0.39 is 17.7 Å². The molecule has 9 heteroatoms. The van der Waals surface area contributed by atoms with Gasteiger partial charge < -0.3 is 25.4 Å². The summed E-state index contributed by atoms with van der Waals surface area (Å²) in [5.74, 6) is -1.26. The molecule has 1 aromatic carbocycles. The van der Waals surface area contributed by atoms with Gasteiger partial charge in [-0.25, -0.2) is 0 Å².